The number of hydrogen-bond donors (Lipinski definition) is 1. The van der Waals surface area contributed by atoms with Crippen LogP contribution in [-0.2, 0) is 0 Å². The van der Waals surface area contributed by atoms with E-state index in [1.54, 1.807) is 20.4 Å². The normalized spacial score (nSPS) is 22.1. The molecule has 0 bridgehead atoms. The third kappa shape index (κ3) is 3.67. The van der Waals surface area contributed by atoms with Gasteiger partial charge in [0.05, 0.1) is 42.2 Å². The van der Waals surface area contributed by atoms with Crippen LogP contribution < -0.4 is 14.9 Å². The van der Waals surface area contributed by atoms with E-state index in [0.717, 1.165) is 22.7 Å². The first kappa shape index (κ1) is 20.7. The molecule has 3 aromatic rings. The molecule has 3 heterocycles. The van der Waals surface area contributed by atoms with Gasteiger partial charge in [-0.15, -0.1) is 0 Å². The Labute approximate surface area is 195 Å². The van der Waals surface area contributed by atoms with Crippen LogP contribution in [0.15, 0.2) is 84.0 Å². The van der Waals surface area contributed by atoms with Crippen molar-refractivity contribution in [3.05, 3.63) is 95.8 Å². The Morgan fingerprint density at radius 1 is 0.938 bits per heavy atom. The molecule has 3 unspecified atom stereocenters. The van der Waals surface area contributed by atoms with Gasteiger partial charge in [-0.1, -0.05) is 52.3 Å². The Balaban J connectivity index is 1.61. The van der Waals surface area contributed by atoms with E-state index < -0.39 is 0 Å². The van der Waals surface area contributed by atoms with E-state index in [2.05, 4.69) is 61.7 Å². The zero-order valence-corrected chi connectivity index (χ0v) is 19.4. The second-order valence-corrected chi connectivity index (χ2v) is 8.63. The van der Waals surface area contributed by atoms with Crippen molar-refractivity contribution in [2.45, 2.75) is 17.0 Å². The van der Waals surface area contributed by atoms with Crippen LogP contribution in [0.3, 0.4) is 0 Å². The first-order chi connectivity index (χ1) is 15.7. The molecule has 3 atom stereocenters. The van der Waals surface area contributed by atoms with Crippen LogP contribution in [-0.4, -0.2) is 40.9 Å². The molecule has 1 aromatic heterocycles. The lowest BCUT2D eigenvalue weighted by Gasteiger charge is -2.31. The zero-order chi connectivity index (χ0) is 22.1. The fourth-order valence-electron chi connectivity index (χ4n) is 4.12. The standard InChI is InChI=1S/C25H23BrN4O2/c1-31-21-12-11-17(14-22(21)32-2)20-15-19(18-10-6-7-13-27-18)28-25-23(26)24(29-30(20)25)16-8-4-3-5-9-16/h3-15,23-25,29H,1-2H3. The van der Waals surface area contributed by atoms with Crippen molar-refractivity contribution in [1.29, 1.82) is 0 Å². The van der Waals surface area contributed by atoms with Crippen molar-refractivity contribution in [3.63, 3.8) is 0 Å². The topological polar surface area (TPSA) is 59.0 Å². The Morgan fingerprint density at radius 2 is 1.72 bits per heavy atom. The number of alkyl halides is 1. The second-order valence-electron chi connectivity index (χ2n) is 7.57. The molecule has 5 rings (SSSR count). The minimum atomic E-state index is -0.148. The van der Waals surface area contributed by atoms with Gasteiger partial charge in [-0.2, -0.15) is 0 Å². The lowest BCUT2D eigenvalue weighted by atomic mass is 10.0. The first-order valence-electron chi connectivity index (χ1n) is 10.4. The second kappa shape index (κ2) is 8.76. The minimum Gasteiger partial charge on any atom is -0.493 e. The van der Waals surface area contributed by atoms with Gasteiger partial charge in [0.1, 0.15) is 0 Å². The average molecular weight is 491 g/mol. The first-order valence-corrected chi connectivity index (χ1v) is 11.3. The number of fused-ring (bicyclic) bond motifs is 1. The number of hydrogen-bond acceptors (Lipinski definition) is 6. The zero-order valence-electron chi connectivity index (χ0n) is 17.8. The molecular formula is C25H23BrN4O2. The van der Waals surface area contributed by atoms with Crippen LogP contribution in [0.5, 0.6) is 11.5 Å². The number of rotatable bonds is 5. The van der Waals surface area contributed by atoms with E-state index in [4.69, 9.17) is 14.5 Å². The largest absolute Gasteiger partial charge is 0.493 e. The maximum atomic E-state index is 5.56. The summed E-state index contributed by atoms with van der Waals surface area (Å²) in [6.07, 6.45) is 3.71. The summed E-state index contributed by atoms with van der Waals surface area (Å²) >= 11 is 3.93. The third-order valence-corrected chi connectivity index (χ3v) is 6.72. The predicted octanol–water partition coefficient (Wildman–Crippen LogP) is 4.59. The number of ether oxygens (including phenoxy) is 2. The number of benzene rings is 2. The van der Waals surface area contributed by atoms with Crippen LogP contribution in [0.2, 0.25) is 0 Å². The molecule has 0 saturated carbocycles. The van der Waals surface area contributed by atoms with Crippen molar-refractivity contribution in [3.8, 4) is 11.5 Å². The average Bonchev–Trinajstić information content (AvgIpc) is 3.20. The SMILES string of the molecule is COc1ccc(C2=CC(c3ccccn3)=NC3C(Br)C(c4ccccc4)NN23)cc1OC. The van der Waals surface area contributed by atoms with Crippen molar-refractivity contribution in [2.24, 2.45) is 4.99 Å². The molecule has 0 aliphatic carbocycles. The van der Waals surface area contributed by atoms with Crippen molar-refractivity contribution in [1.82, 2.24) is 15.4 Å². The van der Waals surface area contributed by atoms with E-state index >= 15 is 0 Å². The molecule has 32 heavy (non-hydrogen) atoms. The Hall–Kier alpha value is -3.16. The van der Waals surface area contributed by atoms with Gasteiger partial charge in [-0.3, -0.25) is 15.0 Å². The number of pyridine rings is 1. The van der Waals surface area contributed by atoms with Crippen LogP contribution in [0.25, 0.3) is 5.70 Å². The summed E-state index contributed by atoms with van der Waals surface area (Å²) in [5, 5.41) is 2.13. The number of allylic oxidation sites excluding steroid dienone is 1. The molecule has 2 aliphatic heterocycles. The van der Waals surface area contributed by atoms with Crippen LogP contribution >= 0.6 is 15.9 Å². The van der Waals surface area contributed by atoms with Gasteiger partial charge in [0.2, 0.25) is 0 Å². The molecule has 1 saturated heterocycles. The number of methoxy groups -OCH3 is 2. The van der Waals surface area contributed by atoms with Crippen LogP contribution in [0.1, 0.15) is 22.9 Å². The molecule has 6 nitrogen and oxygen atoms in total. The molecule has 162 valence electrons. The Bertz CT molecular complexity index is 1170. The van der Waals surface area contributed by atoms with Gasteiger partial charge < -0.3 is 9.47 Å². The summed E-state index contributed by atoms with van der Waals surface area (Å²) < 4.78 is 11.0. The van der Waals surface area contributed by atoms with Crippen molar-refractivity contribution < 1.29 is 9.47 Å². The molecule has 7 heteroatoms. The molecular weight excluding hydrogens is 468 g/mol. The summed E-state index contributed by atoms with van der Waals surface area (Å²) in [6, 6.07) is 22.3. The summed E-state index contributed by atoms with van der Waals surface area (Å²) in [5.41, 5.74) is 8.54. The lowest BCUT2D eigenvalue weighted by molar-refractivity contribution is 0.287. The maximum Gasteiger partial charge on any atom is 0.161 e. The van der Waals surface area contributed by atoms with E-state index in [9.17, 15) is 0 Å². The fraction of sp³-hybridized carbons (Fsp3) is 0.200. The monoisotopic (exact) mass is 490 g/mol. The number of aliphatic imine (C=N–C) groups is 1. The molecule has 2 aromatic carbocycles. The van der Waals surface area contributed by atoms with Crippen LogP contribution in [0.4, 0.5) is 0 Å². The molecule has 0 spiro atoms. The minimum absolute atomic E-state index is 0.0625. The quantitative estimate of drug-likeness (QED) is 0.529. The highest BCUT2D eigenvalue weighted by Gasteiger charge is 2.44. The smallest absolute Gasteiger partial charge is 0.161 e. The summed E-state index contributed by atoms with van der Waals surface area (Å²) in [4.78, 5) is 9.66. The van der Waals surface area contributed by atoms with E-state index in [0.29, 0.717) is 11.5 Å². The van der Waals surface area contributed by atoms with Gasteiger partial charge in [-0.05, 0) is 42.0 Å². The summed E-state index contributed by atoms with van der Waals surface area (Å²) in [5.74, 6) is 1.37. The number of nitrogens with one attached hydrogen (secondary N) is 1. The number of aromatic nitrogens is 1. The maximum absolute atomic E-state index is 5.56. The van der Waals surface area contributed by atoms with Gasteiger partial charge in [0, 0.05) is 11.8 Å². The molecule has 0 amide bonds. The molecule has 1 N–H and O–H groups in total. The van der Waals surface area contributed by atoms with Crippen molar-refractivity contribution in [2.75, 3.05) is 14.2 Å². The highest BCUT2D eigenvalue weighted by atomic mass is 79.9. The van der Waals surface area contributed by atoms with E-state index in [1.165, 1.54) is 5.56 Å². The molecule has 0 radical (unpaired) electrons. The van der Waals surface area contributed by atoms with E-state index in [-0.39, 0.29) is 17.0 Å². The van der Waals surface area contributed by atoms with Gasteiger partial charge in [0.25, 0.3) is 0 Å². The van der Waals surface area contributed by atoms with Gasteiger partial charge in [0.15, 0.2) is 17.7 Å². The molecule has 1 fully saturated rings. The highest BCUT2D eigenvalue weighted by molar-refractivity contribution is 9.09. The number of halogens is 1. The predicted molar refractivity (Wildman–Crippen MR) is 129 cm³/mol. The third-order valence-electron chi connectivity index (χ3n) is 5.72. The van der Waals surface area contributed by atoms with E-state index in [1.807, 2.05) is 42.5 Å². The number of hydrazine groups is 1. The molecule has 2 aliphatic rings. The Morgan fingerprint density at radius 3 is 2.44 bits per heavy atom. The van der Waals surface area contributed by atoms with Crippen LogP contribution in [0, 0.1) is 0 Å². The fourth-order valence-corrected chi connectivity index (χ4v) is 4.90. The summed E-state index contributed by atoms with van der Waals surface area (Å²) in [6.45, 7) is 0. The number of nitrogens with zero attached hydrogens (tertiary/aromatic N) is 3. The summed E-state index contributed by atoms with van der Waals surface area (Å²) in [7, 11) is 3.29. The van der Waals surface area contributed by atoms with Crippen molar-refractivity contribution >= 4 is 27.3 Å². The lowest BCUT2D eigenvalue weighted by Crippen LogP contribution is -2.39. The van der Waals surface area contributed by atoms with Gasteiger partial charge >= 0.3 is 0 Å². The highest BCUT2D eigenvalue weighted by Crippen LogP contribution is 2.41. The van der Waals surface area contributed by atoms with Gasteiger partial charge in [-0.25, -0.2) is 5.43 Å². The Kier molecular flexibility index (Phi) is 5.68.